The summed E-state index contributed by atoms with van der Waals surface area (Å²) in [7, 11) is 0. The SMILES string of the molecule is CC(C)c1csc(C(C)CCC(C)c2ccc(C(C)C)s2)c1. The maximum atomic E-state index is 2.42. The Kier molecular flexibility index (Phi) is 6.28. The zero-order chi connectivity index (χ0) is 16.3. The molecule has 0 aromatic carbocycles. The van der Waals surface area contributed by atoms with E-state index in [1.807, 2.05) is 22.7 Å². The molecule has 0 amide bonds. The molecule has 0 spiro atoms. The molecule has 2 heterocycles. The van der Waals surface area contributed by atoms with Crippen LogP contribution in [0, 0.1) is 0 Å². The Balaban J connectivity index is 1.90. The van der Waals surface area contributed by atoms with Crippen LogP contribution < -0.4 is 0 Å². The summed E-state index contributed by atoms with van der Waals surface area (Å²) in [5, 5.41) is 2.34. The summed E-state index contributed by atoms with van der Waals surface area (Å²) in [6, 6.07) is 7.09. The molecule has 0 bridgehead atoms. The predicted octanol–water partition coefficient (Wildman–Crippen LogP) is 7.74. The lowest BCUT2D eigenvalue weighted by molar-refractivity contribution is 0.583. The lowest BCUT2D eigenvalue weighted by Crippen LogP contribution is -1.96. The third-order valence-electron chi connectivity index (χ3n) is 4.53. The highest BCUT2D eigenvalue weighted by Crippen LogP contribution is 2.35. The van der Waals surface area contributed by atoms with E-state index >= 15 is 0 Å². The van der Waals surface area contributed by atoms with Gasteiger partial charge in [0.25, 0.3) is 0 Å². The second-order valence-corrected chi connectivity index (χ2v) is 9.30. The Bertz CT molecular complexity index is 522. The van der Waals surface area contributed by atoms with Gasteiger partial charge in [0.2, 0.25) is 0 Å². The van der Waals surface area contributed by atoms with Crippen molar-refractivity contribution in [1.29, 1.82) is 0 Å². The van der Waals surface area contributed by atoms with Gasteiger partial charge in [-0.1, -0.05) is 41.5 Å². The minimum atomic E-state index is 0.650. The van der Waals surface area contributed by atoms with Crippen molar-refractivity contribution in [3.63, 3.8) is 0 Å². The smallest absolute Gasteiger partial charge is 0.00764 e. The summed E-state index contributed by atoms with van der Waals surface area (Å²) < 4.78 is 0. The molecule has 0 aliphatic rings. The number of hydrogen-bond donors (Lipinski definition) is 0. The lowest BCUT2D eigenvalue weighted by atomic mass is 9.95. The van der Waals surface area contributed by atoms with E-state index in [2.05, 4.69) is 65.1 Å². The first-order valence-corrected chi connectivity index (χ1v) is 10.3. The van der Waals surface area contributed by atoms with Gasteiger partial charge < -0.3 is 0 Å². The van der Waals surface area contributed by atoms with Crippen molar-refractivity contribution in [1.82, 2.24) is 0 Å². The average molecular weight is 335 g/mol. The maximum absolute atomic E-state index is 2.42. The molecular formula is C20H30S2. The Morgan fingerprint density at radius 1 is 0.773 bits per heavy atom. The average Bonchev–Trinajstić information content (AvgIpc) is 3.12. The van der Waals surface area contributed by atoms with Gasteiger partial charge >= 0.3 is 0 Å². The van der Waals surface area contributed by atoms with Crippen LogP contribution in [0.15, 0.2) is 23.6 Å². The van der Waals surface area contributed by atoms with E-state index in [4.69, 9.17) is 0 Å². The Morgan fingerprint density at radius 2 is 1.36 bits per heavy atom. The molecular weight excluding hydrogens is 304 g/mol. The van der Waals surface area contributed by atoms with E-state index in [0.29, 0.717) is 23.7 Å². The van der Waals surface area contributed by atoms with Crippen molar-refractivity contribution in [3.05, 3.63) is 43.8 Å². The molecule has 0 saturated carbocycles. The lowest BCUT2D eigenvalue weighted by Gasteiger charge is -2.13. The molecule has 0 aliphatic carbocycles. The first-order valence-electron chi connectivity index (χ1n) is 8.56. The molecule has 0 nitrogen and oxygen atoms in total. The zero-order valence-electron chi connectivity index (χ0n) is 14.8. The van der Waals surface area contributed by atoms with Gasteiger partial charge in [-0.2, -0.15) is 0 Å². The summed E-state index contributed by atoms with van der Waals surface area (Å²) in [4.78, 5) is 4.64. The van der Waals surface area contributed by atoms with Crippen molar-refractivity contribution in [2.45, 2.75) is 78.1 Å². The van der Waals surface area contributed by atoms with Gasteiger partial charge in [-0.05, 0) is 65.7 Å². The Hall–Kier alpha value is -0.600. The third-order valence-corrected chi connectivity index (χ3v) is 7.33. The summed E-state index contributed by atoms with van der Waals surface area (Å²) >= 11 is 3.95. The highest BCUT2D eigenvalue weighted by Gasteiger charge is 2.15. The largest absolute Gasteiger partial charge is 0.148 e. The number of hydrogen-bond acceptors (Lipinski definition) is 2. The van der Waals surface area contributed by atoms with Crippen molar-refractivity contribution in [2.24, 2.45) is 0 Å². The fourth-order valence-electron chi connectivity index (χ4n) is 2.66. The fraction of sp³-hybridized carbons (Fsp3) is 0.600. The zero-order valence-corrected chi connectivity index (χ0v) is 16.5. The van der Waals surface area contributed by atoms with E-state index in [9.17, 15) is 0 Å². The number of thiophene rings is 2. The van der Waals surface area contributed by atoms with Crippen molar-refractivity contribution in [2.75, 3.05) is 0 Å². The molecule has 0 N–H and O–H groups in total. The highest BCUT2D eigenvalue weighted by atomic mass is 32.1. The van der Waals surface area contributed by atoms with Gasteiger partial charge in [-0.25, -0.2) is 0 Å². The Morgan fingerprint density at radius 3 is 1.86 bits per heavy atom. The molecule has 122 valence electrons. The van der Waals surface area contributed by atoms with E-state index < -0.39 is 0 Å². The van der Waals surface area contributed by atoms with Crippen LogP contribution in [0.5, 0.6) is 0 Å². The summed E-state index contributed by atoms with van der Waals surface area (Å²) in [6.07, 6.45) is 2.57. The molecule has 0 radical (unpaired) electrons. The van der Waals surface area contributed by atoms with Crippen molar-refractivity contribution in [3.8, 4) is 0 Å². The minimum absolute atomic E-state index is 0.650. The monoisotopic (exact) mass is 334 g/mol. The van der Waals surface area contributed by atoms with Gasteiger partial charge in [-0.15, -0.1) is 22.7 Å². The molecule has 2 heteroatoms. The van der Waals surface area contributed by atoms with Crippen molar-refractivity contribution >= 4 is 22.7 Å². The molecule has 22 heavy (non-hydrogen) atoms. The topological polar surface area (TPSA) is 0 Å². The van der Waals surface area contributed by atoms with Gasteiger partial charge in [-0.3, -0.25) is 0 Å². The normalized spacial score (nSPS) is 14.7. The number of rotatable bonds is 7. The first kappa shape index (κ1) is 17.7. The second kappa shape index (κ2) is 7.79. The van der Waals surface area contributed by atoms with Gasteiger partial charge in [0.05, 0.1) is 0 Å². The van der Waals surface area contributed by atoms with Gasteiger partial charge in [0.15, 0.2) is 0 Å². The molecule has 2 aromatic heterocycles. The van der Waals surface area contributed by atoms with E-state index in [1.165, 1.54) is 23.3 Å². The quantitative estimate of drug-likeness (QED) is 0.485. The first-order chi connectivity index (χ1) is 10.4. The highest BCUT2D eigenvalue weighted by molar-refractivity contribution is 7.12. The van der Waals surface area contributed by atoms with Gasteiger partial charge in [0, 0.05) is 14.6 Å². The van der Waals surface area contributed by atoms with E-state index in [1.54, 1.807) is 9.75 Å². The third kappa shape index (κ3) is 4.45. The van der Waals surface area contributed by atoms with Gasteiger partial charge in [0.1, 0.15) is 0 Å². The van der Waals surface area contributed by atoms with E-state index in [-0.39, 0.29) is 0 Å². The van der Waals surface area contributed by atoms with E-state index in [0.717, 1.165) is 0 Å². The van der Waals surface area contributed by atoms with Crippen LogP contribution in [0.3, 0.4) is 0 Å². The van der Waals surface area contributed by atoms with Crippen LogP contribution in [0.4, 0.5) is 0 Å². The Labute approximate surface area is 144 Å². The minimum Gasteiger partial charge on any atom is -0.148 e. The van der Waals surface area contributed by atoms with Crippen LogP contribution in [0.25, 0.3) is 0 Å². The molecule has 2 unspecified atom stereocenters. The summed E-state index contributed by atoms with van der Waals surface area (Å²) in [6.45, 7) is 13.9. The standard InChI is InChI=1S/C20H30S2/c1-13(2)17-11-20(21-12-17)16(6)8-7-15(5)19-10-9-18(22-19)14(3)4/h9-16H,7-8H2,1-6H3. The van der Waals surface area contributed by atoms with Crippen LogP contribution in [-0.4, -0.2) is 0 Å². The molecule has 2 atom stereocenters. The summed E-state index contributed by atoms with van der Waals surface area (Å²) in [5.41, 5.74) is 1.50. The van der Waals surface area contributed by atoms with Crippen LogP contribution in [-0.2, 0) is 0 Å². The fourth-order valence-corrected chi connectivity index (χ4v) is 4.92. The van der Waals surface area contributed by atoms with Crippen LogP contribution >= 0.6 is 22.7 Å². The second-order valence-electron chi connectivity index (χ2n) is 7.21. The predicted molar refractivity (Wildman–Crippen MR) is 103 cm³/mol. The molecule has 2 aromatic rings. The molecule has 0 aliphatic heterocycles. The molecule has 0 saturated heterocycles. The molecule has 2 rings (SSSR count). The van der Waals surface area contributed by atoms with Crippen molar-refractivity contribution < 1.29 is 0 Å². The summed E-state index contributed by atoms with van der Waals surface area (Å²) in [5.74, 6) is 2.68. The van der Waals surface area contributed by atoms with Crippen LogP contribution in [0.2, 0.25) is 0 Å². The molecule has 0 fully saturated rings. The maximum Gasteiger partial charge on any atom is 0.00764 e. The van der Waals surface area contributed by atoms with Crippen LogP contribution in [0.1, 0.15) is 98.3 Å².